The van der Waals surface area contributed by atoms with Gasteiger partial charge in [-0.1, -0.05) is 35.9 Å². The number of aromatic nitrogens is 1. The van der Waals surface area contributed by atoms with Crippen LogP contribution in [0.4, 0.5) is 0 Å². The van der Waals surface area contributed by atoms with Crippen molar-refractivity contribution in [2.24, 2.45) is 0 Å². The van der Waals surface area contributed by atoms with Crippen LogP contribution in [-0.2, 0) is 0 Å². The van der Waals surface area contributed by atoms with Gasteiger partial charge in [0, 0.05) is 37.8 Å². The number of rotatable bonds is 2. The number of hydrogen-bond donors (Lipinski definition) is 1. The maximum absolute atomic E-state index is 12.5. The van der Waals surface area contributed by atoms with Crippen molar-refractivity contribution in [3.63, 3.8) is 0 Å². The number of hydrazine groups is 1. The quantitative estimate of drug-likeness (QED) is 0.859. The average Bonchev–Trinajstić information content (AvgIpc) is 2.50. The Morgan fingerprint density at radius 2 is 1.86 bits per heavy atom. The van der Waals surface area contributed by atoms with Gasteiger partial charge in [-0.2, -0.15) is 0 Å². The number of nitrogens with zero attached hydrogens (tertiary/aromatic N) is 3. The number of carbonyl (C=O) groups is 1. The van der Waals surface area contributed by atoms with E-state index in [1.54, 1.807) is 0 Å². The Morgan fingerprint density at radius 1 is 1.19 bits per heavy atom. The van der Waals surface area contributed by atoms with E-state index in [-0.39, 0.29) is 5.91 Å². The molecule has 0 unspecified atom stereocenters. The Morgan fingerprint density at radius 3 is 2.57 bits per heavy atom. The lowest BCUT2D eigenvalue weighted by molar-refractivity contribution is 0.0664. The maximum atomic E-state index is 12.5. The lowest BCUT2D eigenvalue weighted by Crippen LogP contribution is -2.52. The molecule has 5 nitrogen and oxygen atoms in total. The van der Waals surface area contributed by atoms with Crippen molar-refractivity contribution in [3.8, 4) is 0 Å². The van der Waals surface area contributed by atoms with Gasteiger partial charge in [0.05, 0.1) is 5.56 Å². The normalized spacial score (nSPS) is 17.0. The first-order chi connectivity index (χ1) is 10.1. The van der Waals surface area contributed by atoms with Crippen LogP contribution in [0.25, 0.3) is 10.8 Å². The predicted octanol–water partition coefficient (Wildman–Crippen LogP) is 1.78. The molecule has 6 heteroatoms. The fraction of sp³-hybridized carbons (Fsp3) is 0.333. The highest BCUT2D eigenvalue weighted by molar-refractivity contribution is 6.34. The molecule has 21 heavy (non-hydrogen) atoms. The molecule has 0 saturated carbocycles. The molecule has 1 amide bonds. The number of piperazine rings is 1. The van der Waals surface area contributed by atoms with E-state index in [1.807, 2.05) is 29.3 Å². The zero-order valence-corrected chi connectivity index (χ0v) is 12.6. The van der Waals surface area contributed by atoms with Crippen molar-refractivity contribution >= 4 is 28.3 Å². The highest BCUT2D eigenvalue weighted by Gasteiger charge is 2.18. The second-order valence-corrected chi connectivity index (χ2v) is 5.60. The molecule has 2 heterocycles. The Labute approximate surface area is 128 Å². The number of pyridine rings is 1. The van der Waals surface area contributed by atoms with Gasteiger partial charge in [0.15, 0.2) is 0 Å². The smallest absolute Gasteiger partial charge is 0.267 e. The van der Waals surface area contributed by atoms with Crippen molar-refractivity contribution in [2.45, 2.75) is 0 Å². The third kappa shape index (κ3) is 3.00. The molecule has 0 spiro atoms. The Bertz CT molecular complexity index is 668. The van der Waals surface area contributed by atoms with E-state index in [4.69, 9.17) is 11.6 Å². The molecule has 110 valence electrons. The standard InChI is InChI=1S/C15H17ClN4O/c1-19-6-8-20(9-7-19)18-15(21)13-10-17-14(16)12-5-3-2-4-11(12)13/h2-5,10H,6-9H2,1H3,(H,18,21). The number of amides is 1. The largest absolute Gasteiger partial charge is 0.304 e. The topological polar surface area (TPSA) is 48.5 Å². The van der Waals surface area contributed by atoms with Gasteiger partial charge in [-0.3, -0.25) is 10.2 Å². The number of halogens is 1. The Hall–Kier alpha value is -1.69. The minimum Gasteiger partial charge on any atom is -0.304 e. The second kappa shape index (κ2) is 5.97. The number of hydrogen-bond acceptors (Lipinski definition) is 4. The summed E-state index contributed by atoms with van der Waals surface area (Å²) >= 11 is 6.08. The van der Waals surface area contributed by atoms with E-state index >= 15 is 0 Å². The Balaban J connectivity index is 1.83. The van der Waals surface area contributed by atoms with Crippen LogP contribution >= 0.6 is 11.6 Å². The van der Waals surface area contributed by atoms with Crippen molar-refractivity contribution in [3.05, 3.63) is 41.2 Å². The molecular formula is C15H17ClN4O. The van der Waals surface area contributed by atoms with Crippen LogP contribution in [0.15, 0.2) is 30.5 Å². The highest BCUT2D eigenvalue weighted by atomic mass is 35.5. The zero-order chi connectivity index (χ0) is 14.8. The molecule has 1 saturated heterocycles. The van der Waals surface area contributed by atoms with Gasteiger partial charge in [-0.05, 0) is 12.4 Å². The molecule has 1 fully saturated rings. The fourth-order valence-corrected chi connectivity index (χ4v) is 2.67. The number of carbonyl (C=O) groups excluding carboxylic acids is 1. The molecule has 0 aliphatic carbocycles. The predicted molar refractivity (Wildman–Crippen MR) is 83.3 cm³/mol. The summed E-state index contributed by atoms with van der Waals surface area (Å²) in [6.45, 7) is 3.53. The van der Waals surface area contributed by atoms with E-state index in [0.29, 0.717) is 10.7 Å². The monoisotopic (exact) mass is 304 g/mol. The molecule has 1 N–H and O–H groups in total. The minimum absolute atomic E-state index is 0.139. The average molecular weight is 305 g/mol. The number of likely N-dealkylation sites (N-methyl/N-ethyl adjacent to an activating group) is 1. The molecule has 0 bridgehead atoms. The summed E-state index contributed by atoms with van der Waals surface area (Å²) < 4.78 is 0. The summed E-state index contributed by atoms with van der Waals surface area (Å²) in [5.74, 6) is -0.139. The van der Waals surface area contributed by atoms with Crippen molar-refractivity contribution in [1.29, 1.82) is 0 Å². The molecule has 0 radical (unpaired) electrons. The second-order valence-electron chi connectivity index (χ2n) is 5.24. The summed E-state index contributed by atoms with van der Waals surface area (Å²) in [6, 6.07) is 7.54. The van der Waals surface area contributed by atoms with Gasteiger partial charge < -0.3 is 4.90 Å². The van der Waals surface area contributed by atoms with Gasteiger partial charge >= 0.3 is 0 Å². The lowest BCUT2D eigenvalue weighted by Gasteiger charge is -2.32. The van der Waals surface area contributed by atoms with E-state index < -0.39 is 0 Å². The molecule has 1 aromatic heterocycles. The van der Waals surface area contributed by atoms with Crippen LogP contribution in [0, 0.1) is 0 Å². The number of fused-ring (bicyclic) bond motifs is 1. The lowest BCUT2D eigenvalue weighted by atomic mass is 10.1. The van der Waals surface area contributed by atoms with Crippen LogP contribution in [-0.4, -0.2) is 54.0 Å². The van der Waals surface area contributed by atoms with E-state index in [9.17, 15) is 4.79 Å². The Kier molecular flexibility index (Phi) is 4.05. The highest BCUT2D eigenvalue weighted by Crippen LogP contribution is 2.24. The van der Waals surface area contributed by atoms with Crippen molar-refractivity contribution in [2.75, 3.05) is 33.2 Å². The van der Waals surface area contributed by atoms with Crippen LogP contribution in [0.1, 0.15) is 10.4 Å². The summed E-state index contributed by atoms with van der Waals surface area (Å²) in [5, 5.41) is 3.99. The van der Waals surface area contributed by atoms with Crippen LogP contribution in [0.2, 0.25) is 5.15 Å². The van der Waals surface area contributed by atoms with E-state index in [2.05, 4.69) is 22.4 Å². The molecular weight excluding hydrogens is 288 g/mol. The van der Waals surface area contributed by atoms with Gasteiger partial charge in [-0.15, -0.1) is 0 Å². The number of nitrogens with one attached hydrogen (secondary N) is 1. The minimum atomic E-state index is -0.139. The summed E-state index contributed by atoms with van der Waals surface area (Å²) in [6.07, 6.45) is 1.54. The van der Waals surface area contributed by atoms with Crippen LogP contribution in [0.3, 0.4) is 0 Å². The number of benzene rings is 1. The molecule has 1 aliphatic rings. The molecule has 3 rings (SSSR count). The van der Waals surface area contributed by atoms with Gasteiger partial charge in [0.25, 0.3) is 5.91 Å². The van der Waals surface area contributed by atoms with Crippen molar-refractivity contribution in [1.82, 2.24) is 20.3 Å². The van der Waals surface area contributed by atoms with E-state index in [1.165, 1.54) is 6.20 Å². The van der Waals surface area contributed by atoms with Gasteiger partial charge in [0.2, 0.25) is 0 Å². The van der Waals surface area contributed by atoms with Crippen molar-refractivity contribution < 1.29 is 4.79 Å². The molecule has 0 atom stereocenters. The van der Waals surface area contributed by atoms with Gasteiger partial charge in [0.1, 0.15) is 5.15 Å². The molecule has 1 aliphatic heterocycles. The first-order valence-electron chi connectivity index (χ1n) is 6.93. The molecule has 2 aromatic rings. The fourth-order valence-electron chi connectivity index (χ4n) is 2.46. The zero-order valence-electron chi connectivity index (χ0n) is 11.8. The summed E-state index contributed by atoms with van der Waals surface area (Å²) in [4.78, 5) is 18.8. The van der Waals surface area contributed by atoms with Gasteiger partial charge in [-0.25, -0.2) is 9.99 Å². The van der Waals surface area contributed by atoms with E-state index in [0.717, 1.165) is 37.0 Å². The molecule has 1 aromatic carbocycles. The first kappa shape index (κ1) is 14.3. The third-order valence-electron chi connectivity index (χ3n) is 3.75. The maximum Gasteiger partial charge on any atom is 0.267 e. The SMILES string of the molecule is CN1CCN(NC(=O)c2cnc(Cl)c3ccccc23)CC1. The first-order valence-corrected chi connectivity index (χ1v) is 7.30. The van der Waals surface area contributed by atoms with Crippen LogP contribution in [0.5, 0.6) is 0 Å². The summed E-state index contributed by atoms with van der Waals surface area (Å²) in [5.41, 5.74) is 3.50. The third-order valence-corrected chi connectivity index (χ3v) is 4.06. The summed E-state index contributed by atoms with van der Waals surface area (Å²) in [7, 11) is 2.08. The van der Waals surface area contributed by atoms with Crippen LogP contribution < -0.4 is 5.43 Å².